The molecule has 0 bridgehead atoms. The Morgan fingerprint density at radius 1 is 1.07 bits per heavy atom. The summed E-state index contributed by atoms with van der Waals surface area (Å²) in [6.07, 6.45) is 3.61. The summed E-state index contributed by atoms with van der Waals surface area (Å²) in [5, 5.41) is 10.4. The molecule has 3 heterocycles. The number of pyridine rings is 1. The molecule has 2 N–H and O–H groups in total. The number of likely N-dealkylation sites (tertiary alicyclic amines) is 1. The van der Waals surface area contributed by atoms with Crippen LogP contribution in [0, 0.1) is 0 Å². The molecule has 0 unspecified atom stereocenters. The lowest BCUT2D eigenvalue weighted by Crippen LogP contribution is -2.44. The van der Waals surface area contributed by atoms with Gasteiger partial charge in [0.2, 0.25) is 0 Å². The lowest BCUT2D eigenvalue weighted by atomic mass is 10.0. The van der Waals surface area contributed by atoms with Crippen molar-refractivity contribution in [3.63, 3.8) is 0 Å². The normalized spacial score (nSPS) is 15.2. The van der Waals surface area contributed by atoms with Gasteiger partial charge in [-0.1, -0.05) is 36.4 Å². The van der Waals surface area contributed by atoms with Crippen LogP contribution in [0.5, 0.6) is 0 Å². The molecule has 1 aliphatic rings. The van der Waals surface area contributed by atoms with Crippen molar-refractivity contribution in [3.05, 3.63) is 72.1 Å². The molecule has 7 nitrogen and oxygen atoms in total. The number of hydrogen-bond acceptors (Lipinski definition) is 5. The largest absolute Gasteiger partial charge is 0.348 e. The zero-order chi connectivity index (χ0) is 20.1. The third-order valence-electron chi connectivity index (χ3n) is 5.23. The Labute approximate surface area is 170 Å². The molecule has 3 aromatic rings. The third-order valence-corrected chi connectivity index (χ3v) is 5.23. The molecule has 1 aliphatic heterocycles. The van der Waals surface area contributed by atoms with E-state index in [9.17, 15) is 4.79 Å². The van der Waals surface area contributed by atoms with E-state index >= 15 is 0 Å². The summed E-state index contributed by atoms with van der Waals surface area (Å²) in [6.45, 7) is 2.93. The van der Waals surface area contributed by atoms with Gasteiger partial charge < -0.3 is 10.6 Å². The van der Waals surface area contributed by atoms with E-state index in [1.807, 2.05) is 31.3 Å². The van der Waals surface area contributed by atoms with E-state index in [1.54, 1.807) is 16.9 Å². The highest BCUT2D eigenvalue weighted by atomic mass is 16.1. The summed E-state index contributed by atoms with van der Waals surface area (Å²) >= 11 is 0. The van der Waals surface area contributed by atoms with Crippen LogP contribution < -0.4 is 10.6 Å². The second kappa shape index (κ2) is 8.87. The van der Waals surface area contributed by atoms with E-state index in [0.29, 0.717) is 11.5 Å². The molecule has 29 heavy (non-hydrogen) atoms. The van der Waals surface area contributed by atoms with Crippen LogP contribution >= 0.6 is 0 Å². The van der Waals surface area contributed by atoms with Gasteiger partial charge in [0.15, 0.2) is 0 Å². The Kier molecular flexibility index (Phi) is 5.86. The number of anilines is 2. The minimum absolute atomic E-state index is 0.125. The molecule has 1 fully saturated rings. The first kappa shape index (κ1) is 19.1. The van der Waals surface area contributed by atoms with Crippen LogP contribution in [0.4, 0.5) is 11.6 Å². The molecule has 2 aromatic heterocycles. The lowest BCUT2D eigenvalue weighted by molar-refractivity contribution is 0.0904. The molecule has 4 rings (SSSR count). The third kappa shape index (κ3) is 5.00. The van der Waals surface area contributed by atoms with Crippen molar-refractivity contribution in [2.75, 3.05) is 18.4 Å². The van der Waals surface area contributed by atoms with Crippen LogP contribution in [0.1, 0.15) is 28.9 Å². The van der Waals surface area contributed by atoms with Crippen LogP contribution in [-0.2, 0) is 13.6 Å². The molecule has 1 amide bonds. The van der Waals surface area contributed by atoms with E-state index in [2.05, 4.69) is 49.9 Å². The molecule has 0 atom stereocenters. The number of nitrogens with zero attached hydrogens (tertiary/aromatic N) is 4. The Morgan fingerprint density at radius 2 is 1.86 bits per heavy atom. The van der Waals surface area contributed by atoms with E-state index < -0.39 is 0 Å². The molecule has 0 spiro atoms. The number of aromatic nitrogens is 3. The van der Waals surface area contributed by atoms with Gasteiger partial charge in [0.25, 0.3) is 5.91 Å². The zero-order valence-corrected chi connectivity index (χ0v) is 16.6. The first-order valence-electron chi connectivity index (χ1n) is 9.96. The smallest absolute Gasteiger partial charge is 0.270 e. The maximum atomic E-state index is 12.7. The molecular formula is C22H26N6O. The maximum Gasteiger partial charge on any atom is 0.270 e. The van der Waals surface area contributed by atoms with Gasteiger partial charge in [0.1, 0.15) is 17.3 Å². The van der Waals surface area contributed by atoms with Crippen LogP contribution in [0.15, 0.2) is 60.8 Å². The highest BCUT2D eigenvalue weighted by Crippen LogP contribution is 2.16. The number of carbonyl (C=O) groups excluding carboxylic acids is 1. The van der Waals surface area contributed by atoms with Crippen molar-refractivity contribution in [2.45, 2.75) is 25.4 Å². The highest BCUT2D eigenvalue weighted by molar-refractivity contribution is 5.92. The predicted octanol–water partition coefficient (Wildman–Crippen LogP) is 2.95. The van der Waals surface area contributed by atoms with E-state index in [-0.39, 0.29) is 11.9 Å². The van der Waals surface area contributed by atoms with Crippen molar-refractivity contribution < 1.29 is 4.79 Å². The minimum Gasteiger partial charge on any atom is -0.348 e. The lowest BCUT2D eigenvalue weighted by Gasteiger charge is -2.32. The number of carbonyl (C=O) groups is 1. The fourth-order valence-corrected chi connectivity index (χ4v) is 3.59. The van der Waals surface area contributed by atoms with Gasteiger partial charge in [-0.2, -0.15) is 5.10 Å². The number of hydrogen-bond donors (Lipinski definition) is 2. The predicted molar refractivity (Wildman–Crippen MR) is 113 cm³/mol. The van der Waals surface area contributed by atoms with Crippen LogP contribution in [0.25, 0.3) is 0 Å². The summed E-state index contributed by atoms with van der Waals surface area (Å²) in [7, 11) is 1.85. The van der Waals surface area contributed by atoms with Gasteiger partial charge >= 0.3 is 0 Å². The monoisotopic (exact) mass is 390 g/mol. The van der Waals surface area contributed by atoms with Crippen molar-refractivity contribution >= 4 is 17.5 Å². The average molecular weight is 390 g/mol. The highest BCUT2D eigenvalue weighted by Gasteiger charge is 2.21. The van der Waals surface area contributed by atoms with E-state index in [1.165, 1.54) is 5.56 Å². The van der Waals surface area contributed by atoms with Gasteiger partial charge in [-0.15, -0.1) is 0 Å². The molecule has 0 aliphatic carbocycles. The fourth-order valence-electron chi connectivity index (χ4n) is 3.59. The van der Waals surface area contributed by atoms with Gasteiger partial charge in [0.05, 0.1) is 6.20 Å². The molecule has 0 radical (unpaired) electrons. The van der Waals surface area contributed by atoms with Crippen LogP contribution in [0.2, 0.25) is 0 Å². The topological polar surface area (TPSA) is 75.1 Å². The Balaban J connectivity index is 1.30. The maximum absolute atomic E-state index is 12.7. The first-order valence-corrected chi connectivity index (χ1v) is 9.96. The Bertz CT molecular complexity index is 947. The van der Waals surface area contributed by atoms with Crippen LogP contribution in [-0.4, -0.2) is 44.7 Å². The number of nitrogens with one attached hydrogen (secondary N) is 2. The molecule has 7 heteroatoms. The second-order valence-electron chi connectivity index (χ2n) is 7.38. The number of piperidine rings is 1. The first-order chi connectivity index (χ1) is 14.2. The van der Waals surface area contributed by atoms with Crippen molar-refractivity contribution in [2.24, 2.45) is 7.05 Å². The van der Waals surface area contributed by atoms with Crippen molar-refractivity contribution in [1.82, 2.24) is 25.0 Å². The number of benzene rings is 1. The van der Waals surface area contributed by atoms with Crippen molar-refractivity contribution in [1.29, 1.82) is 0 Å². The summed E-state index contributed by atoms with van der Waals surface area (Å²) in [5.74, 6) is 1.32. The van der Waals surface area contributed by atoms with Crippen molar-refractivity contribution in [3.8, 4) is 0 Å². The number of amides is 1. The summed E-state index contributed by atoms with van der Waals surface area (Å²) < 4.78 is 1.72. The van der Waals surface area contributed by atoms with Gasteiger partial charge in [-0.25, -0.2) is 4.98 Å². The van der Waals surface area contributed by atoms with E-state index in [0.717, 1.165) is 38.3 Å². The summed E-state index contributed by atoms with van der Waals surface area (Å²) in [4.78, 5) is 19.6. The number of rotatable bonds is 6. The molecule has 0 saturated carbocycles. The Morgan fingerprint density at radius 3 is 2.59 bits per heavy atom. The van der Waals surface area contributed by atoms with Gasteiger partial charge in [-0.3, -0.25) is 14.4 Å². The van der Waals surface area contributed by atoms with Gasteiger partial charge in [0, 0.05) is 38.8 Å². The number of aryl methyl sites for hydroxylation is 1. The second-order valence-corrected chi connectivity index (χ2v) is 7.38. The molecule has 1 saturated heterocycles. The molecule has 150 valence electrons. The Hall–Kier alpha value is -3.19. The zero-order valence-electron chi connectivity index (χ0n) is 16.6. The van der Waals surface area contributed by atoms with Crippen LogP contribution in [0.3, 0.4) is 0 Å². The molecular weight excluding hydrogens is 364 g/mol. The molecule has 1 aromatic carbocycles. The standard InChI is InChI=1S/C22H26N6O/c1-27-21(10-13-23-27)26-20-9-5-8-19(25-20)22(29)24-18-11-14-28(15-12-18)16-17-6-3-2-4-7-17/h2-10,13,18H,11-12,14-16H2,1H3,(H,24,29)(H,25,26). The minimum atomic E-state index is -0.125. The summed E-state index contributed by atoms with van der Waals surface area (Å²) in [6, 6.07) is 18.0. The quantitative estimate of drug-likeness (QED) is 0.677. The SMILES string of the molecule is Cn1nccc1Nc1cccc(C(=O)NC2CCN(Cc3ccccc3)CC2)n1. The summed E-state index contributed by atoms with van der Waals surface area (Å²) in [5.41, 5.74) is 1.75. The van der Waals surface area contributed by atoms with E-state index in [4.69, 9.17) is 0 Å². The average Bonchev–Trinajstić information content (AvgIpc) is 3.15. The van der Waals surface area contributed by atoms with Gasteiger partial charge in [-0.05, 0) is 30.5 Å². The fraction of sp³-hybridized carbons (Fsp3) is 0.318.